The normalized spacial score (nSPS) is 10.9. The van der Waals surface area contributed by atoms with Crippen LogP contribution in [0.15, 0.2) is 66.9 Å². The summed E-state index contributed by atoms with van der Waals surface area (Å²) in [7, 11) is 0. The van der Waals surface area contributed by atoms with Crippen molar-refractivity contribution in [3.63, 3.8) is 0 Å². The van der Waals surface area contributed by atoms with E-state index in [1.807, 2.05) is 44.2 Å². The topological polar surface area (TPSA) is 105 Å². The van der Waals surface area contributed by atoms with E-state index in [0.717, 1.165) is 5.56 Å². The maximum atomic E-state index is 13.3. The lowest BCUT2D eigenvalue weighted by Gasteiger charge is -2.13. The number of carbonyl (C=O) groups is 2. The Morgan fingerprint density at radius 2 is 1.69 bits per heavy atom. The minimum absolute atomic E-state index is 0.0555. The fourth-order valence-corrected chi connectivity index (χ4v) is 3.32. The van der Waals surface area contributed by atoms with Gasteiger partial charge in [0.2, 0.25) is 0 Å². The third-order valence-corrected chi connectivity index (χ3v) is 4.85. The first-order valence-corrected chi connectivity index (χ1v) is 9.99. The lowest BCUT2D eigenvalue weighted by molar-refractivity contribution is 0.0843. The second-order valence-corrected chi connectivity index (χ2v) is 7.43. The van der Waals surface area contributed by atoms with Crippen LogP contribution in [0, 0.1) is 5.82 Å². The number of rotatable bonds is 5. The zero-order valence-corrected chi connectivity index (χ0v) is 17.5. The SMILES string of the molecule is CC(C)c1c(C(=O)NNC(=O)c2cc(-c3ccccc3)n[nH]2)cnn1-c1ccc(F)cc1. The summed E-state index contributed by atoms with van der Waals surface area (Å²) < 4.78 is 14.9. The number of amides is 2. The molecular weight excluding hydrogens is 411 g/mol. The minimum atomic E-state index is -0.537. The van der Waals surface area contributed by atoms with Gasteiger partial charge in [-0.3, -0.25) is 25.5 Å². The van der Waals surface area contributed by atoms with Gasteiger partial charge in [-0.05, 0) is 36.2 Å². The monoisotopic (exact) mass is 432 g/mol. The summed E-state index contributed by atoms with van der Waals surface area (Å²) in [6.07, 6.45) is 1.42. The van der Waals surface area contributed by atoms with Crippen LogP contribution in [-0.4, -0.2) is 31.8 Å². The Morgan fingerprint density at radius 1 is 1.00 bits per heavy atom. The molecule has 162 valence electrons. The number of aromatic amines is 1. The Hall–Kier alpha value is -4.27. The number of hydrogen-bond donors (Lipinski definition) is 3. The molecule has 2 aromatic carbocycles. The van der Waals surface area contributed by atoms with E-state index in [0.29, 0.717) is 22.6 Å². The number of halogens is 1. The van der Waals surface area contributed by atoms with Crippen LogP contribution in [0.5, 0.6) is 0 Å². The van der Waals surface area contributed by atoms with Crippen molar-refractivity contribution in [3.8, 4) is 16.9 Å². The average Bonchev–Trinajstić information content (AvgIpc) is 3.46. The zero-order chi connectivity index (χ0) is 22.7. The highest BCUT2D eigenvalue weighted by Crippen LogP contribution is 2.23. The van der Waals surface area contributed by atoms with E-state index in [2.05, 4.69) is 26.1 Å². The molecule has 4 rings (SSSR count). The van der Waals surface area contributed by atoms with Crippen molar-refractivity contribution in [2.75, 3.05) is 0 Å². The van der Waals surface area contributed by atoms with Gasteiger partial charge in [0.1, 0.15) is 11.5 Å². The van der Waals surface area contributed by atoms with E-state index < -0.39 is 11.8 Å². The molecule has 0 saturated carbocycles. The molecule has 0 atom stereocenters. The number of hydrogen-bond acceptors (Lipinski definition) is 4. The molecule has 3 N–H and O–H groups in total. The molecule has 0 aliphatic rings. The molecule has 0 saturated heterocycles. The lowest BCUT2D eigenvalue weighted by Crippen LogP contribution is -2.42. The number of nitrogens with zero attached hydrogens (tertiary/aromatic N) is 3. The molecule has 2 heterocycles. The Balaban J connectivity index is 1.48. The van der Waals surface area contributed by atoms with Crippen molar-refractivity contribution in [1.82, 2.24) is 30.8 Å². The van der Waals surface area contributed by atoms with Gasteiger partial charge in [-0.2, -0.15) is 10.2 Å². The molecule has 0 spiro atoms. The standard InChI is InChI=1S/C23H21FN6O2/c1-14(2)21-18(13-25-30(21)17-10-8-16(24)9-11-17)22(31)28-29-23(32)20-12-19(26-27-20)15-6-4-3-5-7-15/h3-14H,1-2H3,(H,26,27)(H,28,31)(H,29,32). The highest BCUT2D eigenvalue weighted by molar-refractivity contribution is 5.99. The minimum Gasteiger partial charge on any atom is -0.272 e. The summed E-state index contributed by atoms with van der Waals surface area (Å²) >= 11 is 0. The van der Waals surface area contributed by atoms with Crippen molar-refractivity contribution >= 4 is 11.8 Å². The van der Waals surface area contributed by atoms with Gasteiger partial charge in [0.05, 0.1) is 28.8 Å². The van der Waals surface area contributed by atoms with E-state index in [4.69, 9.17) is 0 Å². The van der Waals surface area contributed by atoms with Crippen molar-refractivity contribution in [1.29, 1.82) is 0 Å². The van der Waals surface area contributed by atoms with Crippen molar-refractivity contribution in [2.45, 2.75) is 19.8 Å². The van der Waals surface area contributed by atoms with E-state index in [-0.39, 0.29) is 17.4 Å². The summed E-state index contributed by atoms with van der Waals surface area (Å²) in [5, 5.41) is 11.1. The number of nitrogens with one attached hydrogen (secondary N) is 3. The third-order valence-electron chi connectivity index (χ3n) is 4.85. The fraction of sp³-hybridized carbons (Fsp3) is 0.130. The number of aromatic nitrogens is 4. The largest absolute Gasteiger partial charge is 0.287 e. The van der Waals surface area contributed by atoms with Gasteiger partial charge in [-0.25, -0.2) is 9.07 Å². The quantitative estimate of drug-likeness (QED) is 0.419. The summed E-state index contributed by atoms with van der Waals surface area (Å²) in [4.78, 5) is 25.2. The molecule has 8 nitrogen and oxygen atoms in total. The number of benzene rings is 2. The Bertz CT molecular complexity index is 1250. The molecule has 0 aliphatic carbocycles. The average molecular weight is 432 g/mol. The smallest absolute Gasteiger partial charge is 0.272 e. The zero-order valence-electron chi connectivity index (χ0n) is 17.5. The Morgan fingerprint density at radius 3 is 2.38 bits per heavy atom. The van der Waals surface area contributed by atoms with Gasteiger partial charge in [-0.1, -0.05) is 44.2 Å². The number of carbonyl (C=O) groups excluding carboxylic acids is 2. The molecular formula is C23H21FN6O2. The summed E-state index contributed by atoms with van der Waals surface area (Å²) in [5.41, 5.74) is 8.06. The molecule has 2 aromatic heterocycles. The summed E-state index contributed by atoms with van der Waals surface area (Å²) in [5.74, 6) is -1.47. The summed E-state index contributed by atoms with van der Waals surface area (Å²) in [6, 6.07) is 16.8. The van der Waals surface area contributed by atoms with Crippen LogP contribution in [0.3, 0.4) is 0 Å². The summed E-state index contributed by atoms with van der Waals surface area (Å²) in [6.45, 7) is 3.84. The van der Waals surface area contributed by atoms with Crippen LogP contribution >= 0.6 is 0 Å². The molecule has 0 radical (unpaired) electrons. The molecule has 32 heavy (non-hydrogen) atoms. The van der Waals surface area contributed by atoms with Crippen LogP contribution in [-0.2, 0) is 0 Å². The van der Waals surface area contributed by atoms with Crippen LogP contribution < -0.4 is 10.9 Å². The van der Waals surface area contributed by atoms with Crippen LogP contribution in [0.25, 0.3) is 16.9 Å². The molecule has 0 unspecified atom stereocenters. The maximum Gasteiger partial charge on any atom is 0.287 e. The van der Waals surface area contributed by atoms with Gasteiger partial charge in [0.25, 0.3) is 11.8 Å². The molecule has 0 aliphatic heterocycles. The second-order valence-electron chi connectivity index (χ2n) is 7.43. The van der Waals surface area contributed by atoms with Gasteiger partial charge in [-0.15, -0.1) is 0 Å². The third kappa shape index (κ3) is 4.27. The van der Waals surface area contributed by atoms with E-state index in [1.165, 1.54) is 18.3 Å². The fourth-order valence-electron chi connectivity index (χ4n) is 3.32. The second kappa shape index (κ2) is 8.84. The van der Waals surface area contributed by atoms with Gasteiger partial charge in [0, 0.05) is 5.56 Å². The van der Waals surface area contributed by atoms with Crippen LogP contribution in [0.2, 0.25) is 0 Å². The first-order valence-electron chi connectivity index (χ1n) is 9.99. The highest BCUT2D eigenvalue weighted by atomic mass is 19.1. The Kier molecular flexibility index (Phi) is 5.80. The molecule has 0 fully saturated rings. The molecule has 2 amide bonds. The first-order chi connectivity index (χ1) is 15.4. The Labute approximate surface area is 183 Å². The number of hydrazine groups is 1. The van der Waals surface area contributed by atoms with E-state index in [9.17, 15) is 14.0 Å². The van der Waals surface area contributed by atoms with Gasteiger partial charge in [0.15, 0.2) is 0 Å². The molecule has 9 heteroatoms. The van der Waals surface area contributed by atoms with E-state index in [1.54, 1.807) is 22.9 Å². The molecule has 0 bridgehead atoms. The predicted molar refractivity (Wildman–Crippen MR) is 117 cm³/mol. The van der Waals surface area contributed by atoms with Crippen molar-refractivity contribution < 1.29 is 14.0 Å². The van der Waals surface area contributed by atoms with Crippen LogP contribution in [0.4, 0.5) is 4.39 Å². The number of H-pyrrole nitrogens is 1. The van der Waals surface area contributed by atoms with Gasteiger partial charge >= 0.3 is 0 Å². The highest BCUT2D eigenvalue weighted by Gasteiger charge is 2.22. The van der Waals surface area contributed by atoms with Crippen molar-refractivity contribution in [2.24, 2.45) is 0 Å². The van der Waals surface area contributed by atoms with Crippen LogP contribution in [0.1, 0.15) is 46.3 Å². The maximum absolute atomic E-state index is 13.3. The lowest BCUT2D eigenvalue weighted by atomic mass is 10.1. The van der Waals surface area contributed by atoms with Crippen molar-refractivity contribution in [3.05, 3.63) is 89.6 Å². The molecule has 4 aromatic rings. The van der Waals surface area contributed by atoms with E-state index >= 15 is 0 Å². The first kappa shape index (κ1) is 21.0. The van der Waals surface area contributed by atoms with Gasteiger partial charge < -0.3 is 0 Å². The predicted octanol–water partition coefficient (Wildman–Crippen LogP) is 3.60.